The van der Waals surface area contributed by atoms with E-state index in [0.717, 1.165) is 24.9 Å². The van der Waals surface area contributed by atoms with Gasteiger partial charge in [-0.3, -0.25) is 0 Å². The predicted molar refractivity (Wildman–Crippen MR) is 104 cm³/mol. The second-order valence-corrected chi connectivity index (χ2v) is 6.79. The molecular formula is C21H21FN4O3. The molecule has 0 radical (unpaired) electrons. The summed E-state index contributed by atoms with van der Waals surface area (Å²) in [4.78, 5) is 18.9. The molecule has 0 saturated carbocycles. The number of hydrogen-bond acceptors (Lipinski definition) is 5. The number of rotatable bonds is 5. The van der Waals surface area contributed by atoms with Crippen molar-refractivity contribution in [3.8, 4) is 5.75 Å². The van der Waals surface area contributed by atoms with E-state index in [2.05, 4.69) is 15.5 Å². The number of anilines is 1. The van der Waals surface area contributed by atoms with E-state index in [1.165, 1.54) is 24.3 Å². The van der Waals surface area contributed by atoms with E-state index < -0.39 is 0 Å². The van der Waals surface area contributed by atoms with Crippen LogP contribution in [-0.2, 0) is 6.61 Å². The Kier molecular flexibility index (Phi) is 5.69. The molecule has 1 aromatic heterocycles. The summed E-state index contributed by atoms with van der Waals surface area (Å²) in [5, 5.41) is 6.97. The minimum absolute atomic E-state index is 0.0710. The lowest BCUT2D eigenvalue weighted by Crippen LogP contribution is -2.41. The molecule has 1 atom stereocenters. The molecule has 1 saturated heterocycles. The lowest BCUT2D eigenvalue weighted by molar-refractivity contribution is 0.157. The summed E-state index contributed by atoms with van der Waals surface area (Å²) in [5.41, 5.74) is 0.739. The number of urea groups is 1. The molecule has 0 spiro atoms. The Labute approximate surface area is 167 Å². The van der Waals surface area contributed by atoms with E-state index in [0.29, 0.717) is 24.0 Å². The van der Waals surface area contributed by atoms with Gasteiger partial charge in [0.15, 0.2) is 12.4 Å². The molecule has 1 aliphatic heterocycles. The number of hydrogen-bond donors (Lipinski definition) is 1. The summed E-state index contributed by atoms with van der Waals surface area (Å²) in [7, 11) is 0. The highest BCUT2D eigenvalue weighted by Gasteiger charge is 2.31. The number of amides is 2. The van der Waals surface area contributed by atoms with Crippen LogP contribution in [0.1, 0.15) is 37.0 Å². The highest BCUT2D eigenvalue weighted by Crippen LogP contribution is 2.30. The van der Waals surface area contributed by atoms with Crippen molar-refractivity contribution in [2.24, 2.45) is 0 Å². The third-order valence-corrected chi connectivity index (χ3v) is 4.75. The van der Waals surface area contributed by atoms with E-state index >= 15 is 0 Å². The third kappa shape index (κ3) is 4.71. The SMILES string of the molecule is O=C(Nc1ccccc1)N1CCCCC1c1noc(COc2ccc(F)cc2)n1. The Bertz CT molecular complexity index is 946. The summed E-state index contributed by atoms with van der Waals surface area (Å²) in [6.07, 6.45) is 2.67. The molecule has 1 fully saturated rings. The first kappa shape index (κ1) is 18.9. The molecule has 2 amide bonds. The summed E-state index contributed by atoms with van der Waals surface area (Å²) in [6, 6.07) is 14.6. The molecule has 0 aliphatic carbocycles. The summed E-state index contributed by atoms with van der Waals surface area (Å²) >= 11 is 0. The maximum absolute atomic E-state index is 13.0. The van der Waals surface area contributed by atoms with Crippen LogP contribution in [0.4, 0.5) is 14.9 Å². The number of para-hydroxylation sites is 1. The zero-order chi connectivity index (χ0) is 20.1. The van der Waals surface area contributed by atoms with Gasteiger partial charge in [-0.15, -0.1) is 0 Å². The van der Waals surface area contributed by atoms with Crippen molar-refractivity contribution in [3.63, 3.8) is 0 Å². The van der Waals surface area contributed by atoms with Crippen molar-refractivity contribution in [2.75, 3.05) is 11.9 Å². The van der Waals surface area contributed by atoms with Crippen molar-refractivity contribution in [1.82, 2.24) is 15.0 Å². The van der Waals surface area contributed by atoms with Gasteiger partial charge in [0, 0.05) is 12.2 Å². The van der Waals surface area contributed by atoms with Gasteiger partial charge in [0.25, 0.3) is 5.89 Å². The van der Waals surface area contributed by atoms with Crippen LogP contribution >= 0.6 is 0 Å². The Morgan fingerprint density at radius 2 is 1.97 bits per heavy atom. The summed E-state index contributed by atoms with van der Waals surface area (Å²) in [6.45, 7) is 0.695. The van der Waals surface area contributed by atoms with E-state index in [-0.39, 0.29) is 24.5 Å². The molecule has 2 aromatic carbocycles. The van der Waals surface area contributed by atoms with Crippen LogP contribution in [-0.4, -0.2) is 27.6 Å². The lowest BCUT2D eigenvalue weighted by Gasteiger charge is -2.33. The number of piperidine rings is 1. The number of halogens is 1. The molecule has 8 heteroatoms. The molecule has 4 rings (SSSR count). The standard InChI is InChI=1S/C21H21FN4O3/c22-15-9-11-17(12-10-15)28-14-19-24-20(25-29-19)18-8-4-5-13-26(18)21(27)23-16-6-2-1-3-7-16/h1-3,6-7,9-12,18H,4-5,8,13-14H2,(H,23,27). The molecule has 1 unspecified atom stereocenters. The van der Waals surface area contributed by atoms with Crippen LogP contribution in [0.15, 0.2) is 59.1 Å². The molecule has 150 valence electrons. The van der Waals surface area contributed by atoms with Gasteiger partial charge in [-0.2, -0.15) is 4.98 Å². The summed E-state index contributed by atoms with van der Waals surface area (Å²) in [5.74, 6) is 0.945. The number of nitrogens with zero attached hydrogens (tertiary/aromatic N) is 3. The number of carbonyl (C=O) groups is 1. The van der Waals surface area contributed by atoms with Crippen molar-refractivity contribution < 1.29 is 18.4 Å². The second-order valence-electron chi connectivity index (χ2n) is 6.79. The Balaban J connectivity index is 1.41. The molecule has 3 aromatic rings. The minimum Gasteiger partial charge on any atom is -0.484 e. The van der Waals surface area contributed by atoms with Crippen LogP contribution in [0.5, 0.6) is 5.75 Å². The minimum atomic E-state index is -0.330. The fourth-order valence-electron chi connectivity index (χ4n) is 3.30. The third-order valence-electron chi connectivity index (χ3n) is 4.75. The lowest BCUT2D eigenvalue weighted by atomic mass is 10.0. The van der Waals surface area contributed by atoms with Crippen molar-refractivity contribution >= 4 is 11.7 Å². The van der Waals surface area contributed by atoms with Crippen LogP contribution in [0.25, 0.3) is 0 Å². The van der Waals surface area contributed by atoms with Crippen molar-refractivity contribution in [2.45, 2.75) is 31.9 Å². The molecular weight excluding hydrogens is 375 g/mol. The fourth-order valence-corrected chi connectivity index (χ4v) is 3.30. The highest BCUT2D eigenvalue weighted by molar-refractivity contribution is 5.89. The number of aromatic nitrogens is 2. The maximum Gasteiger partial charge on any atom is 0.322 e. The van der Waals surface area contributed by atoms with Gasteiger partial charge >= 0.3 is 6.03 Å². The van der Waals surface area contributed by atoms with Gasteiger partial charge in [0.2, 0.25) is 0 Å². The second kappa shape index (κ2) is 8.72. The molecule has 1 N–H and O–H groups in total. The Hall–Kier alpha value is -3.42. The zero-order valence-electron chi connectivity index (χ0n) is 15.8. The van der Waals surface area contributed by atoms with Crippen molar-refractivity contribution in [1.29, 1.82) is 0 Å². The van der Waals surface area contributed by atoms with Crippen LogP contribution in [0.3, 0.4) is 0 Å². The largest absolute Gasteiger partial charge is 0.484 e. The monoisotopic (exact) mass is 396 g/mol. The average Bonchev–Trinajstić information content (AvgIpc) is 3.23. The topological polar surface area (TPSA) is 80.5 Å². The van der Waals surface area contributed by atoms with Gasteiger partial charge in [-0.1, -0.05) is 23.4 Å². The van der Waals surface area contributed by atoms with E-state index in [1.807, 2.05) is 30.3 Å². The molecule has 7 nitrogen and oxygen atoms in total. The Morgan fingerprint density at radius 3 is 2.76 bits per heavy atom. The molecule has 29 heavy (non-hydrogen) atoms. The number of benzene rings is 2. The molecule has 0 bridgehead atoms. The molecule has 1 aliphatic rings. The number of nitrogens with one attached hydrogen (secondary N) is 1. The van der Waals surface area contributed by atoms with Crippen LogP contribution < -0.4 is 10.1 Å². The first-order valence-electron chi connectivity index (χ1n) is 9.52. The van der Waals surface area contributed by atoms with Gasteiger partial charge < -0.3 is 19.5 Å². The highest BCUT2D eigenvalue weighted by atomic mass is 19.1. The normalized spacial score (nSPS) is 16.4. The quantitative estimate of drug-likeness (QED) is 0.684. The van der Waals surface area contributed by atoms with Gasteiger partial charge in [0.05, 0.1) is 6.04 Å². The first-order chi connectivity index (χ1) is 14.2. The smallest absolute Gasteiger partial charge is 0.322 e. The number of likely N-dealkylation sites (tertiary alicyclic amines) is 1. The van der Waals surface area contributed by atoms with E-state index in [1.54, 1.807) is 4.90 Å². The van der Waals surface area contributed by atoms with E-state index in [9.17, 15) is 9.18 Å². The van der Waals surface area contributed by atoms with Gasteiger partial charge in [-0.05, 0) is 55.7 Å². The van der Waals surface area contributed by atoms with Crippen LogP contribution in [0, 0.1) is 5.82 Å². The fraction of sp³-hybridized carbons (Fsp3) is 0.286. The number of carbonyl (C=O) groups excluding carboxylic acids is 1. The van der Waals surface area contributed by atoms with Crippen molar-refractivity contribution in [3.05, 3.63) is 72.1 Å². The predicted octanol–water partition coefficient (Wildman–Crippen LogP) is 4.55. The first-order valence-corrected chi connectivity index (χ1v) is 9.52. The van der Waals surface area contributed by atoms with Gasteiger partial charge in [-0.25, -0.2) is 9.18 Å². The van der Waals surface area contributed by atoms with Crippen LogP contribution in [0.2, 0.25) is 0 Å². The van der Waals surface area contributed by atoms with Gasteiger partial charge in [0.1, 0.15) is 11.6 Å². The Morgan fingerprint density at radius 1 is 1.17 bits per heavy atom. The number of ether oxygens (including phenoxy) is 1. The molecule has 2 heterocycles. The van der Waals surface area contributed by atoms with E-state index in [4.69, 9.17) is 9.26 Å². The summed E-state index contributed by atoms with van der Waals surface area (Å²) < 4.78 is 23.8. The zero-order valence-corrected chi connectivity index (χ0v) is 15.8. The average molecular weight is 396 g/mol. The maximum atomic E-state index is 13.0.